The van der Waals surface area contributed by atoms with E-state index in [1.807, 2.05) is 12.1 Å². The Kier molecular flexibility index (Phi) is 3.61. The molecule has 3 N–H and O–H groups in total. The Morgan fingerprint density at radius 1 is 1.25 bits per heavy atom. The van der Waals surface area contributed by atoms with Gasteiger partial charge in [-0.2, -0.15) is 0 Å². The number of hydrogen-bond donors (Lipinski definition) is 2. The number of aromatic hydroxyl groups is 1. The summed E-state index contributed by atoms with van der Waals surface area (Å²) in [7, 11) is 0. The first kappa shape index (κ1) is 9.07. The van der Waals surface area contributed by atoms with Crippen LogP contribution in [0.2, 0.25) is 0 Å². The molecular weight excluding hydrogens is 150 g/mol. The van der Waals surface area contributed by atoms with E-state index in [0.717, 1.165) is 6.54 Å². The van der Waals surface area contributed by atoms with E-state index in [0.29, 0.717) is 5.75 Å². The van der Waals surface area contributed by atoms with Gasteiger partial charge in [0.25, 0.3) is 0 Å². The average Bonchev–Trinajstić information content (AvgIpc) is 2.09. The molecule has 2 heteroatoms. The van der Waals surface area contributed by atoms with Crippen LogP contribution < -0.4 is 5.32 Å². The molecule has 0 aromatic heterocycles. The van der Waals surface area contributed by atoms with Crippen molar-refractivity contribution in [1.82, 2.24) is 0 Å². The van der Waals surface area contributed by atoms with Gasteiger partial charge >= 0.3 is 0 Å². The van der Waals surface area contributed by atoms with E-state index in [4.69, 9.17) is 5.11 Å². The van der Waals surface area contributed by atoms with Crippen LogP contribution in [0.5, 0.6) is 5.75 Å². The van der Waals surface area contributed by atoms with E-state index in [1.165, 1.54) is 18.5 Å². The minimum atomic E-state index is 0.342. The van der Waals surface area contributed by atoms with Crippen LogP contribution >= 0.6 is 0 Å². The van der Waals surface area contributed by atoms with E-state index < -0.39 is 0 Å². The number of phenols is 1. The van der Waals surface area contributed by atoms with Crippen molar-refractivity contribution in [1.29, 1.82) is 0 Å². The van der Waals surface area contributed by atoms with Crippen LogP contribution in [0.4, 0.5) is 0 Å². The molecule has 0 fully saturated rings. The van der Waals surface area contributed by atoms with Crippen LogP contribution in [0.3, 0.4) is 0 Å². The molecule has 0 spiro atoms. The lowest BCUT2D eigenvalue weighted by atomic mass is 10.2. The summed E-state index contributed by atoms with van der Waals surface area (Å²) < 4.78 is 0. The summed E-state index contributed by atoms with van der Waals surface area (Å²) in [6.07, 6.45) is 1.21. The average molecular weight is 166 g/mol. The molecule has 2 nitrogen and oxygen atoms in total. The van der Waals surface area contributed by atoms with Crippen LogP contribution in [-0.2, 0) is 6.54 Å². The Labute approximate surface area is 73.2 Å². The highest BCUT2D eigenvalue weighted by atomic mass is 16.3. The number of rotatable bonds is 4. The standard InChI is InChI=1S/C10H15NO/c1-2-7-11-8-9-3-5-10(12)6-4-9/h3-6,11-12H,2,7-8H2,1H3/p+1. The van der Waals surface area contributed by atoms with E-state index in [-0.39, 0.29) is 0 Å². The summed E-state index contributed by atoms with van der Waals surface area (Å²) >= 11 is 0. The molecule has 0 aliphatic carbocycles. The molecule has 1 rings (SSSR count). The second-order valence-corrected chi connectivity index (χ2v) is 2.95. The number of benzene rings is 1. The second kappa shape index (κ2) is 4.78. The van der Waals surface area contributed by atoms with Crippen LogP contribution in [0.15, 0.2) is 24.3 Å². The molecule has 0 unspecified atom stereocenters. The molecule has 12 heavy (non-hydrogen) atoms. The summed E-state index contributed by atoms with van der Waals surface area (Å²) in [5, 5.41) is 11.3. The van der Waals surface area contributed by atoms with Gasteiger partial charge < -0.3 is 10.4 Å². The summed E-state index contributed by atoms with van der Waals surface area (Å²) in [5.41, 5.74) is 1.27. The highest BCUT2D eigenvalue weighted by Crippen LogP contribution is 2.07. The van der Waals surface area contributed by atoms with Crippen molar-refractivity contribution in [2.45, 2.75) is 19.9 Å². The van der Waals surface area contributed by atoms with Crippen LogP contribution in [0.1, 0.15) is 18.9 Å². The zero-order chi connectivity index (χ0) is 8.81. The Morgan fingerprint density at radius 2 is 1.92 bits per heavy atom. The first-order valence-corrected chi connectivity index (χ1v) is 4.42. The fraction of sp³-hybridized carbons (Fsp3) is 0.400. The predicted octanol–water partition coefficient (Wildman–Crippen LogP) is 0.866. The van der Waals surface area contributed by atoms with Crippen molar-refractivity contribution in [2.24, 2.45) is 0 Å². The van der Waals surface area contributed by atoms with Crippen molar-refractivity contribution < 1.29 is 10.4 Å². The van der Waals surface area contributed by atoms with Crippen molar-refractivity contribution in [2.75, 3.05) is 6.54 Å². The van der Waals surface area contributed by atoms with Gasteiger partial charge in [0.15, 0.2) is 0 Å². The molecule has 0 saturated carbocycles. The monoisotopic (exact) mass is 166 g/mol. The van der Waals surface area contributed by atoms with Gasteiger partial charge in [0.05, 0.1) is 6.54 Å². The summed E-state index contributed by atoms with van der Waals surface area (Å²) in [6, 6.07) is 7.38. The number of phenolic OH excluding ortho intramolecular Hbond substituents is 1. The van der Waals surface area contributed by atoms with Gasteiger partial charge in [-0.1, -0.05) is 6.92 Å². The molecular formula is C10H16NO+. The Balaban J connectivity index is 2.37. The van der Waals surface area contributed by atoms with Gasteiger partial charge in [0.1, 0.15) is 12.3 Å². The van der Waals surface area contributed by atoms with Gasteiger partial charge in [-0.05, 0) is 30.7 Å². The van der Waals surface area contributed by atoms with Crippen molar-refractivity contribution in [3.05, 3.63) is 29.8 Å². The van der Waals surface area contributed by atoms with Crippen molar-refractivity contribution in [3.63, 3.8) is 0 Å². The first-order chi connectivity index (χ1) is 5.83. The molecule has 0 saturated heterocycles. The summed E-state index contributed by atoms with van der Waals surface area (Å²) in [6.45, 7) is 4.35. The molecule has 0 heterocycles. The number of nitrogens with two attached hydrogens (primary N) is 1. The molecule has 0 radical (unpaired) electrons. The third-order valence-electron chi connectivity index (χ3n) is 1.81. The van der Waals surface area contributed by atoms with Gasteiger partial charge in [-0.3, -0.25) is 0 Å². The SMILES string of the molecule is CCC[NH2+]Cc1ccc(O)cc1. The summed E-state index contributed by atoms with van der Waals surface area (Å²) in [4.78, 5) is 0. The molecule has 0 aliphatic heterocycles. The second-order valence-electron chi connectivity index (χ2n) is 2.95. The zero-order valence-corrected chi connectivity index (χ0v) is 7.46. The van der Waals surface area contributed by atoms with E-state index in [9.17, 15) is 0 Å². The van der Waals surface area contributed by atoms with Crippen molar-refractivity contribution in [3.8, 4) is 5.75 Å². The molecule has 0 bridgehead atoms. The molecule has 0 aliphatic rings. The topological polar surface area (TPSA) is 36.8 Å². The molecule has 1 aromatic carbocycles. The third-order valence-corrected chi connectivity index (χ3v) is 1.81. The normalized spacial score (nSPS) is 10.1. The van der Waals surface area contributed by atoms with Crippen LogP contribution in [-0.4, -0.2) is 11.7 Å². The van der Waals surface area contributed by atoms with Gasteiger partial charge in [-0.25, -0.2) is 0 Å². The Morgan fingerprint density at radius 3 is 2.50 bits per heavy atom. The third kappa shape index (κ3) is 2.93. The fourth-order valence-corrected chi connectivity index (χ4v) is 1.10. The number of hydrogen-bond acceptors (Lipinski definition) is 1. The molecule has 0 amide bonds. The van der Waals surface area contributed by atoms with Crippen molar-refractivity contribution >= 4 is 0 Å². The van der Waals surface area contributed by atoms with Crippen LogP contribution in [0.25, 0.3) is 0 Å². The lowest BCUT2D eigenvalue weighted by Gasteiger charge is -1.99. The molecule has 0 atom stereocenters. The molecule has 1 aromatic rings. The van der Waals surface area contributed by atoms with E-state index in [2.05, 4.69) is 12.2 Å². The number of quaternary nitrogens is 1. The minimum Gasteiger partial charge on any atom is -0.508 e. The summed E-state index contributed by atoms with van der Waals surface area (Å²) in [5.74, 6) is 0.342. The molecule has 66 valence electrons. The van der Waals surface area contributed by atoms with Gasteiger partial charge in [-0.15, -0.1) is 0 Å². The maximum Gasteiger partial charge on any atom is 0.115 e. The van der Waals surface area contributed by atoms with E-state index >= 15 is 0 Å². The highest BCUT2D eigenvalue weighted by molar-refractivity contribution is 5.25. The minimum absolute atomic E-state index is 0.342. The highest BCUT2D eigenvalue weighted by Gasteiger charge is 1.93. The maximum atomic E-state index is 9.02. The predicted molar refractivity (Wildman–Crippen MR) is 48.9 cm³/mol. The van der Waals surface area contributed by atoms with E-state index in [1.54, 1.807) is 12.1 Å². The Hall–Kier alpha value is -1.02. The quantitative estimate of drug-likeness (QED) is 0.640. The van der Waals surface area contributed by atoms with Gasteiger partial charge in [0.2, 0.25) is 0 Å². The maximum absolute atomic E-state index is 9.02. The largest absolute Gasteiger partial charge is 0.508 e. The zero-order valence-electron chi connectivity index (χ0n) is 7.46. The van der Waals surface area contributed by atoms with Crippen LogP contribution in [0, 0.1) is 0 Å². The lowest BCUT2D eigenvalue weighted by Crippen LogP contribution is -2.82. The lowest BCUT2D eigenvalue weighted by molar-refractivity contribution is -0.670. The Bertz CT molecular complexity index is 218. The van der Waals surface area contributed by atoms with Gasteiger partial charge in [0, 0.05) is 5.56 Å². The first-order valence-electron chi connectivity index (χ1n) is 4.42. The smallest absolute Gasteiger partial charge is 0.115 e. The fourth-order valence-electron chi connectivity index (χ4n) is 1.10.